The van der Waals surface area contributed by atoms with Crippen LogP contribution in [-0.2, 0) is 26.2 Å². The molecule has 6 heterocycles. The number of ketones is 3. The summed E-state index contributed by atoms with van der Waals surface area (Å²) in [6.07, 6.45) is 0. The number of anilines is 3. The number of fused-ring (bicyclic) bond motifs is 6. The quantitative estimate of drug-likeness (QED) is 0.107. The third kappa shape index (κ3) is 6.93. The number of benzene rings is 7. The maximum atomic E-state index is 14.7. The Hall–Kier alpha value is -10.1. The van der Waals surface area contributed by atoms with E-state index in [0.29, 0.717) is 11.1 Å². The van der Waals surface area contributed by atoms with Crippen LogP contribution >= 0.6 is 0 Å². The molecule has 0 saturated carbocycles. The molecular formula is C60H38N6O11. The van der Waals surface area contributed by atoms with Crippen molar-refractivity contribution in [3.63, 3.8) is 0 Å². The van der Waals surface area contributed by atoms with E-state index < -0.39 is 58.8 Å². The summed E-state index contributed by atoms with van der Waals surface area (Å²) in [5.41, 5.74) is 5.91. The summed E-state index contributed by atoms with van der Waals surface area (Å²) in [6, 6.07) is 32.0. The van der Waals surface area contributed by atoms with Crippen LogP contribution in [-0.4, -0.2) is 100 Å². The lowest BCUT2D eigenvalue weighted by Crippen LogP contribution is -2.33. The number of imide groups is 4. The standard InChI is InChI=1S/C60H38N6O11/c1-61-25-35-6-4-29(18-37(35)26-61)50(67)30-5-7-36-27-64(28-38(36)19-30)49-24-39(65-57(74)42-15-10-33(22-46(42)59(65)76)51(68)31-8-13-40-44(20-31)55(72)62(2)53(40)70)12-17-48(49)66-58(75)43-16-11-34(23-47(43)60(66)77)52(69)32-9-14-41-45(21-32)56(73)63(3)54(41)71/h4-24H,25-28H2,1-3H3. The van der Waals surface area contributed by atoms with Gasteiger partial charge in [-0.3, -0.25) is 67.4 Å². The van der Waals surface area contributed by atoms with Crippen molar-refractivity contribution in [1.29, 1.82) is 0 Å². The summed E-state index contributed by atoms with van der Waals surface area (Å²) >= 11 is 0. The molecule has 0 saturated heterocycles. The Morgan fingerprint density at radius 1 is 0.312 bits per heavy atom. The minimum Gasteiger partial charge on any atom is -0.361 e. The first kappa shape index (κ1) is 46.6. The maximum Gasteiger partial charge on any atom is 0.266 e. The zero-order valence-corrected chi connectivity index (χ0v) is 41.1. The minimum atomic E-state index is -0.764. The third-order valence-corrected chi connectivity index (χ3v) is 15.3. The van der Waals surface area contributed by atoms with Crippen LogP contribution in [0.4, 0.5) is 17.1 Å². The Morgan fingerprint density at radius 2 is 0.649 bits per heavy atom. The molecule has 0 radical (unpaired) electrons. The second-order valence-electron chi connectivity index (χ2n) is 19.9. The molecule has 77 heavy (non-hydrogen) atoms. The molecule has 7 aromatic rings. The molecule has 8 amide bonds. The van der Waals surface area contributed by atoms with Gasteiger partial charge in [0, 0.05) is 73.7 Å². The van der Waals surface area contributed by atoms with Gasteiger partial charge in [-0.1, -0.05) is 48.5 Å². The van der Waals surface area contributed by atoms with Crippen molar-refractivity contribution in [3.05, 3.63) is 228 Å². The Morgan fingerprint density at radius 3 is 1.14 bits per heavy atom. The molecule has 0 atom stereocenters. The molecule has 0 fully saturated rings. The molecule has 17 nitrogen and oxygen atoms in total. The first-order valence-electron chi connectivity index (χ1n) is 24.4. The van der Waals surface area contributed by atoms with E-state index in [9.17, 15) is 52.7 Å². The van der Waals surface area contributed by atoms with Gasteiger partial charge in [-0.2, -0.15) is 0 Å². The van der Waals surface area contributed by atoms with Crippen molar-refractivity contribution >= 4 is 81.7 Å². The van der Waals surface area contributed by atoms with Crippen molar-refractivity contribution < 1.29 is 52.7 Å². The highest BCUT2D eigenvalue weighted by atomic mass is 16.2. The Bertz CT molecular complexity index is 4100. The molecular weight excluding hydrogens is 981 g/mol. The van der Waals surface area contributed by atoms with Crippen molar-refractivity contribution in [3.8, 4) is 0 Å². The van der Waals surface area contributed by atoms with E-state index in [0.717, 1.165) is 49.4 Å². The topological polar surface area (TPSA) is 207 Å². The van der Waals surface area contributed by atoms with E-state index in [4.69, 9.17) is 0 Å². The number of amides is 8. The van der Waals surface area contributed by atoms with E-state index in [1.807, 2.05) is 42.3 Å². The Labute approximate surface area is 437 Å². The Kier molecular flexibility index (Phi) is 10.1. The van der Waals surface area contributed by atoms with Gasteiger partial charge in [-0.05, 0) is 108 Å². The minimum absolute atomic E-state index is 0.00186. The summed E-state index contributed by atoms with van der Waals surface area (Å²) < 4.78 is 0. The predicted molar refractivity (Wildman–Crippen MR) is 276 cm³/mol. The number of hydrogen-bond donors (Lipinski definition) is 0. The van der Waals surface area contributed by atoms with E-state index >= 15 is 0 Å². The van der Waals surface area contributed by atoms with Gasteiger partial charge in [-0.25, -0.2) is 9.80 Å². The number of carbonyl (C=O) groups is 11. The average Bonchev–Trinajstić information content (AvgIpc) is 4.30. The molecule has 0 unspecified atom stereocenters. The van der Waals surface area contributed by atoms with Crippen LogP contribution in [0.3, 0.4) is 0 Å². The van der Waals surface area contributed by atoms with Gasteiger partial charge in [0.15, 0.2) is 17.3 Å². The number of nitrogens with zero attached hydrogens (tertiary/aromatic N) is 6. The molecule has 6 aliphatic rings. The first-order valence-corrected chi connectivity index (χ1v) is 24.4. The summed E-state index contributed by atoms with van der Waals surface area (Å²) in [6.45, 7) is 1.94. The number of carbonyl (C=O) groups excluding carboxylic acids is 11. The van der Waals surface area contributed by atoms with Gasteiger partial charge in [-0.15, -0.1) is 0 Å². The largest absolute Gasteiger partial charge is 0.361 e. The summed E-state index contributed by atoms with van der Waals surface area (Å²) in [5.74, 6) is -6.33. The lowest BCUT2D eigenvalue weighted by Gasteiger charge is -2.27. The van der Waals surface area contributed by atoms with E-state index in [2.05, 4.69) is 4.90 Å². The van der Waals surface area contributed by atoms with Crippen LogP contribution in [0.5, 0.6) is 0 Å². The van der Waals surface area contributed by atoms with E-state index in [1.165, 1.54) is 111 Å². The fourth-order valence-electron chi connectivity index (χ4n) is 11.2. The van der Waals surface area contributed by atoms with Gasteiger partial charge < -0.3 is 4.90 Å². The van der Waals surface area contributed by atoms with Crippen molar-refractivity contribution in [1.82, 2.24) is 14.7 Å². The molecule has 6 aliphatic heterocycles. The average molecular weight is 1020 g/mol. The molecule has 13 rings (SSSR count). The fourth-order valence-corrected chi connectivity index (χ4v) is 11.2. The summed E-state index contributed by atoms with van der Waals surface area (Å²) in [4.78, 5) is 158. The lowest BCUT2D eigenvalue weighted by molar-refractivity contribution is 0.0677. The van der Waals surface area contributed by atoms with E-state index in [-0.39, 0.29) is 103 Å². The van der Waals surface area contributed by atoms with Gasteiger partial charge >= 0.3 is 0 Å². The van der Waals surface area contributed by atoms with Gasteiger partial charge in [0.05, 0.1) is 61.6 Å². The summed E-state index contributed by atoms with van der Waals surface area (Å²) in [7, 11) is 4.70. The van der Waals surface area contributed by atoms with Crippen LogP contribution < -0.4 is 14.7 Å². The molecule has 0 aliphatic carbocycles. The van der Waals surface area contributed by atoms with E-state index in [1.54, 1.807) is 6.07 Å². The number of rotatable bonds is 9. The van der Waals surface area contributed by atoms with Crippen LogP contribution in [0.25, 0.3) is 0 Å². The van der Waals surface area contributed by atoms with Crippen molar-refractivity contribution in [2.45, 2.75) is 26.2 Å². The molecule has 7 aromatic carbocycles. The highest BCUT2D eigenvalue weighted by molar-refractivity contribution is 6.37. The molecule has 0 spiro atoms. The molecule has 374 valence electrons. The highest BCUT2D eigenvalue weighted by Gasteiger charge is 2.43. The highest BCUT2D eigenvalue weighted by Crippen LogP contribution is 2.43. The second-order valence-corrected chi connectivity index (χ2v) is 19.9. The Balaban J connectivity index is 0.841. The molecule has 0 bridgehead atoms. The zero-order chi connectivity index (χ0) is 53.6. The first-order chi connectivity index (χ1) is 36.9. The monoisotopic (exact) mass is 1020 g/mol. The van der Waals surface area contributed by atoms with Gasteiger partial charge in [0.2, 0.25) is 0 Å². The van der Waals surface area contributed by atoms with Gasteiger partial charge in [0.1, 0.15) is 0 Å². The van der Waals surface area contributed by atoms with Crippen molar-refractivity contribution in [2.75, 3.05) is 35.8 Å². The fraction of sp³-hybridized carbons (Fsp3) is 0.117. The maximum absolute atomic E-state index is 14.7. The van der Waals surface area contributed by atoms with Crippen LogP contribution in [0.2, 0.25) is 0 Å². The third-order valence-electron chi connectivity index (χ3n) is 15.3. The van der Waals surface area contributed by atoms with Crippen molar-refractivity contribution in [2.24, 2.45) is 0 Å². The smallest absolute Gasteiger partial charge is 0.266 e. The van der Waals surface area contributed by atoms with Crippen LogP contribution in [0, 0.1) is 0 Å². The zero-order valence-electron chi connectivity index (χ0n) is 41.1. The van der Waals surface area contributed by atoms with Gasteiger partial charge in [0.25, 0.3) is 47.3 Å². The van der Waals surface area contributed by atoms with Crippen LogP contribution in [0.15, 0.2) is 127 Å². The normalized spacial score (nSPS) is 16.2. The molecule has 0 aromatic heterocycles. The number of hydrogen-bond acceptors (Lipinski definition) is 13. The lowest BCUT2D eigenvalue weighted by atomic mass is 9.96. The second kappa shape index (κ2) is 16.7. The SMILES string of the molecule is CN1Cc2ccc(C(=O)c3ccc4c(c3)CN(c3cc(N5C(=O)c6ccc(C(=O)c7ccc8c(c7)C(=O)N(C)C8=O)cc6C5=O)ccc3N3C(=O)c5ccc(C(=O)c6ccc7c(c6)C(=O)N(C)C7=O)cc5C3=O)C4)cc2C1. The van der Waals surface area contributed by atoms with Crippen LogP contribution in [0.1, 0.15) is 153 Å². The summed E-state index contributed by atoms with van der Waals surface area (Å²) in [5, 5.41) is 0. The molecule has 17 heteroatoms. The predicted octanol–water partition coefficient (Wildman–Crippen LogP) is 6.90. The molecule has 0 N–H and O–H groups in total.